The molecule has 0 unspecified atom stereocenters. The number of primary amides is 1. The summed E-state index contributed by atoms with van der Waals surface area (Å²) in [6.45, 7) is 0. The van der Waals surface area contributed by atoms with Gasteiger partial charge in [-0.2, -0.15) is 0 Å². The largest absolute Gasteiger partial charge is 0.396 e. The number of carbonyl (C=O) groups is 1. The van der Waals surface area contributed by atoms with Gasteiger partial charge in [-0.1, -0.05) is 18.2 Å². The second-order valence-corrected chi connectivity index (χ2v) is 3.20. The van der Waals surface area contributed by atoms with Crippen molar-refractivity contribution in [1.82, 2.24) is 4.57 Å². The zero-order valence-corrected chi connectivity index (χ0v) is 7.82. The fourth-order valence-electron chi connectivity index (χ4n) is 1.72. The van der Waals surface area contributed by atoms with Crippen molar-refractivity contribution in [3.63, 3.8) is 0 Å². The summed E-state index contributed by atoms with van der Waals surface area (Å²) in [5.41, 5.74) is 12.8. The quantitative estimate of drug-likeness (QED) is 0.698. The van der Waals surface area contributed by atoms with Crippen molar-refractivity contribution in [3.05, 3.63) is 30.0 Å². The Balaban J connectivity index is 2.92. The van der Waals surface area contributed by atoms with Gasteiger partial charge in [0.1, 0.15) is 5.69 Å². The van der Waals surface area contributed by atoms with Crippen LogP contribution in [-0.4, -0.2) is 10.5 Å². The van der Waals surface area contributed by atoms with Crippen LogP contribution in [0.2, 0.25) is 0 Å². The number of fused-ring (bicyclic) bond motifs is 1. The van der Waals surface area contributed by atoms with Gasteiger partial charge in [-0.05, 0) is 6.07 Å². The Morgan fingerprint density at radius 2 is 2.00 bits per heavy atom. The van der Waals surface area contributed by atoms with Crippen LogP contribution in [0.1, 0.15) is 10.5 Å². The van der Waals surface area contributed by atoms with E-state index in [2.05, 4.69) is 0 Å². The van der Waals surface area contributed by atoms with E-state index in [9.17, 15) is 4.79 Å². The molecule has 0 atom stereocenters. The number of aryl methyl sites for hydroxylation is 1. The normalized spacial score (nSPS) is 10.6. The van der Waals surface area contributed by atoms with E-state index in [1.807, 2.05) is 24.3 Å². The van der Waals surface area contributed by atoms with Gasteiger partial charge in [0.25, 0.3) is 5.91 Å². The average Bonchev–Trinajstić information content (AvgIpc) is 2.41. The first-order valence-corrected chi connectivity index (χ1v) is 4.25. The monoisotopic (exact) mass is 189 g/mol. The molecule has 0 aliphatic heterocycles. The van der Waals surface area contributed by atoms with Gasteiger partial charge >= 0.3 is 0 Å². The van der Waals surface area contributed by atoms with Crippen molar-refractivity contribution in [2.45, 2.75) is 0 Å². The molecule has 1 amide bonds. The van der Waals surface area contributed by atoms with Crippen LogP contribution in [0.4, 0.5) is 5.69 Å². The number of carbonyl (C=O) groups excluding carboxylic acids is 1. The lowest BCUT2D eigenvalue weighted by Gasteiger charge is -1.99. The van der Waals surface area contributed by atoms with E-state index in [1.54, 1.807) is 11.6 Å². The molecule has 4 N–H and O–H groups in total. The first-order valence-electron chi connectivity index (χ1n) is 4.25. The van der Waals surface area contributed by atoms with Crippen LogP contribution >= 0.6 is 0 Å². The maximum absolute atomic E-state index is 11.1. The lowest BCUT2D eigenvalue weighted by atomic mass is 10.2. The summed E-state index contributed by atoms with van der Waals surface area (Å²) in [7, 11) is 1.78. The number of rotatable bonds is 1. The van der Waals surface area contributed by atoms with Gasteiger partial charge in [-0.3, -0.25) is 4.79 Å². The minimum Gasteiger partial charge on any atom is -0.396 e. The Kier molecular flexibility index (Phi) is 1.70. The third-order valence-corrected chi connectivity index (χ3v) is 2.38. The van der Waals surface area contributed by atoms with Crippen molar-refractivity contribution in [2.24, 2.45) is 12.8 Å². The van der Waals surface area contributed by atoms with Crippen molar-refractivity contribution in [3.8, 4) is 0 Å². The topological polar surface area (TPSA) is 74.0 Å². The Hall–Kier alpha value is -1.97. The Bertz CT molecular complexity index is 474. The van der Waals surface area contributed by atoms with Gasteiger partial charge in [0.05, 0.1) is 11.2 Å². The Morgan fingerprint density at radius 1 is 1.36 bits per heavy atom. The van der Waals surface area contributed by atoms with Crippen molar-refractivity contribution in [2.75, 3.05) is 5.73 Å². The van der Waals surface area contributed by atoms with Gasteiger partial charge < -0.3 is 16.0 Å². The summed E-state index contributed by atoms with van der Waals surface area (Å²) in [4.78, 5) is 11.1. The van der Waals surface area contributed by atoms with Crippen molar-refractivity contribution < 1.29 is 4.79 Å². The molecule has 72 valence electrons. The smallest absolute Gasteiger partial charge is 0.267 e. The number of nitrogens with zero attached hydrogens (tertiary/aromatic N) is 1. The molecule has 4 nitrogen and oxygen atoms in total. The predicted molar refractivity (Wildman–Crippen MR) is 55.8 cm³/mol. The van der Waals surface area contributed by atoms with Crippen LogP contribution in [-0.2, 0) is 7.05 Å². The lowest BCUT2D eigenvalue weighted by molar-refractivity contribution is 0.0994. The third-order valence-electron chi connectivity index (χ3n) is 2.38. The van der Waals surface area contributed by atoms with Crippen molar-refractivity contribution in [1.29, 1.82) is 0 Å². The zero-order chi connectivity index (χ0) is 10.3. The summed E-state index contributed by atoms with van der Waals surface area (Å²) in [6, 6.07) is 7.55. The van der Waals surface area contributed by atoms with Gasteiger partial charge in [0.15, 0.2) is 0 Å². The third kappa shape index (κ3) is 0.970. The molecule has 1 aromatic carbocycles. The molecule has 0 spiro atoms. The summed E-state index contributed by atoms with van der Waals surface area (Å²) in [5, 5.41) is 0.865. The Morgan fingerprint density at radius 3 is 2.57 bits per heavy atom. The molecule has 4 heteroatoms. The molecule has 0 radical (unpaired) electrons. The molecule has 0 saturated heterocycles. The highest BCUT2D eigenvalue weighted by molar-refractivity contribution is 6.07. The lowest BCUT2D eigenvalue weighted by Crippen LogP contribution is -2.16. The molecule has 14 heavy (non-hydrogen) atoms. The summed E-state index contributed by atoms with van der Waals surface area (Å²) in [5.74, 6) is -0.499. The van der Waals surface area contributed by atoms with Gasteiger partial charge in [0, 0.05) is 12.4 Å². The SMILES string of the molecule is Cn1c(C(N)=O)c(N)c2ccccc21. The molecule has 1 heterocycles. The van der Waals surface area contributed by atoms with Gasteiger partial charge in [0.2, 0.25) is 0 Å². The molecule has 2 aromatic rings. The summed E-state index contributed by atoms with van der Waals surface area (Å²) >= 11 is 0. The van der Waals surface area contributed by atoms with E-state index in [4.69, 9.17) is 11.5 Å². The first-order chi connectivity index (χ1) is 6.63. The predicted octanol–water partition coefficient (Wildman–Crippen LogP) is 0.859. The maximum atomic E-state index is 11.1. The average molecular weight is 189 g/mol. The molecule has 0 aliphatic carbocycles. The first kappa shape index (κ1) is 8.62. The fraction of sp³-hybridized carbons (Fsp3) is 0.100. The van der Waals surface area contributed by atoms with Gasteiger partial charge in [-0.15, -0.1) is 0 Å². The number of benzene rings is 1. The van der Waals surface area contributed by atoms with E-state index in [1.165, 1.54) is 0 Å². The van der Waals surface area contributed by atoms with E-state index >= 15 is 0 Å². The molecular weight excluding hydrogens is 178 g/mol. The molecule has 2 rings (SSSR count). The number of nitrogen functional groups attached to an aromatic ring is 1. The van der Waals surface area contributed by atoms with Crippen LogP contribution in [0.15, 0.2) is 24.3 Å². The highest BCUT2D eigenvalue weighted by atomic mass is 16.1. The summed E-state index contributed by atoms with van der Waals surface area (Å²) in [6.07, 6.45) is 0. The number of hydrogen-bond donors (Lipinski definition) is 2. The van der Waals surface area contributed by atoms with E-state index in [0.717, 1.165) is 10.9 Å². The molecule has 0 fully saturated rings. The van der Waals surface area contributed by atoms with Crippen molar-refractivity contribution >= 4 is 22.5 Å². The van der Waals surface area contributed by atoms with Crippen LogP contribution in [0.5, 0.6) is 0 Å². The van der Waals surface area contributed by atoms with E-state index in [0.29, 0.717) is 11.4 Å². The minimum atomic E-state index is -0.499. The van der Waals surface area contributed by atoms with Crippen LogP contribution in [0.25, 0.3) is 10.9 Å². The second kappa shape index (κ2) is 2.77. The standard InChI is InChI=1S/C10H11N3O/c1-13-7-5-3-2-4-6(7)8(11)9(13)10(12)14/h2-5H,11H2,1H3,(H2,12,14). The molecule has 0 saturated carbocycles. The second-order valence-electron chi connectivity index (χ2n) is 3.20. The number of aromatic nitrogens is 1. The number of para-hydroxylation sites is 1. The Labute approximate surface area is 81.1 Å². The highest BCUT2D eigenvalue weighted by Gasteiger charge is 2.15. The van der Waals surface area contributed by atoms with Gasteiger partial charge in [-0.25, -0.2) is 0 Å². The number of nitrogens with two attached hydrogens (primary N) is 2. The van der Waals surface area contributed by atoms with Crippen LogP contribution in [0.3, 0.4) is 0 Å². The fourth-order valence-corrected chi connectivity index (χ4v) is 1.72. The maximum Gasteiger partial charge on any atom is 0.267 e. The summed E-state index contributed by atoms with van der Waals surface area (Å²) < 4.78 is 1.72. The zero-order valence-electron chi connectivity index (χ0n) is 7.82. The number of anilines is 1. The molecule has 1 aromatic heterocycles. The minimum absolute atomic E-state index is 0.367. The number of hydrogen-bond acceptors (Lipinski definition) is 2. The van der Waals surface area contributed by atoms with E-state index < -0.39 is 5.91 Å². The van der Waals surface area contributed by atoms with Crippen LogP contribution in [0, 0.1) is 0 Å². The molecule has 0 bridgehead atoms. The van der Waals surface area contributed by atoms with E-state index in [-0.39, 0.29) is 0 Å². The molecule has 0 aliphatic rings. The van der Waals surface area contributed by atoms with Crippen LogP contribution < -0.4 is 11.5 Å². The highest BCUT2D eigenvalue weighted by Crippen LogP contribution is 2.26. The number of amides is 1. The molecular formula is C10H11N3O.